The van der Waals surface area contributed by atoms with Crippen LogP contribution in [0.5, 0.6) is 5.75 Å². The number of sulfonamides is 1. The van der Waals surface area contributed by atoms with E-state index < -0.39 is 10.0 Å². The van der Waals surface area contributed by atoms with Crippen molar-refractivity contribution in [1.29, 1.82) is 0 Å². The second-order valence-electron chi connectivity index (χ2n) is 7.84. The summed E-state index contributed by atoms with van der Waals surface area (Å²) in [6, 6.07) is 7.84. The van der Waals surface area contributed by atoms with Gasteiger partial charge in [-0.15, -0.1) is 10.2 Å². The number of rotatable bonds is 8. The lowest BCUT2D eigenvalue weighted by Gasteiger charge is -2.22. The van der Waals surface area contributed by atoms with Crippen LogP contribution < -0.4 is 9.46 Å². The number of hydrogen-bond acceptors (Lipinski definition) is 6. The molecule has 2 aromatic rings. The third-order valence-electron chi connectivity index (χ3n) is 5.07. The van der Waals surface area contributed by atoms with Gasteiger partial charge in [0.2, 0.25) is 10.0 Å². The van der Waals surface area contributed by atoms with Crippen molar-refractivity contribution in [3.63, 3.8) is 0 Å². The summed E-state index contributed by atoms with van der Waals surface area (Å²) in [6.45, 7) is 9.95. The molecule has 29 heavy (non-hydrogen) atoms. The molecule has 1 aromatic heterocycles. The topological polar surface area (TPSA) is 89.3 Å². The lowest BCUT2D eigenvalue weighted by Crippen LogP contribution is -2.33. The second-order valence-corrected chi connectivity index (χ2v) is 9.62. The largest absolute Gasteiger partial charge is 0.494 e. The van der Waals surface area contributed by atoms with Gasteiger partial charge in [0.15, 0.2) is 5.82 Å². The van der Waals surface area contributed by atoms with Crippen LogP contribution in [0.15, 0.2) is 24.3 Å². The molecule has 2 heterocycles. The molecular formula is C20H31N5O3S. The van der Waals surface area contributed by atoms with Crippen molar-refractivity contribution in [2.24, 2.45) is 5.92 Å². The second kappa shape index (κ2) is 9.23. The first kappa shape index (κ1) is 21.7. The monoisotopic (exact) mass is 421 g/mol. The third kappa shape index (κ3) is 5.77. The lowest BCUT2D eigenvalue weighted by atomic mass is 10.1. The van der Waals surface area contributed by atoms with Gasteiger partial charge >= 0.3 is 0 Å². The number of aromatic nitrogens is 3. The zero-order chi connectivity index (χ0) is 21.0. The van der Waals surface area contributed by atoms with Gasteiger partial charge in [-0.1, -0.05) is 26.0 Å². The molecular weight excluding hydrogens is 390 g/mol. The van der Waals surface area contributed by atoms with Crippen molar-refractivity contribution in [3.8, 4) is 5.75 Å². The molecule has 0 saturated heterocycles. The van der Waals surface area contributed by atoms with Gasteiger partial charge in [-0.2, -0.15) is 0 Å². The first-order valence-electron chi connectivity index (χ1n) is 10.1. The van der Waals surface area contributed by atoms with Gasteiger partial charge < -0.3 is 9.30 Å². The molecule has 0 saturated carbocycles. The minimum absolute atomic E-state index is 0.0706. The van der Waals surface area contributed by atoms with E-state index in [1.807, 2.05) is 32.9 Å². The molecule has 1 unspecified atom stereocenters. The molecule has 8 nitrogen and oxygen atoms in total. The molecule has 0 fully saturated rings. The van der Waals surface area contributed by atoms with E-state index in [4.69, 9.17) is 4.74 Å². The number of ether oxygens (including phenoxy) is 1. The molecule has 160 valence electrons. The lowest BCUT2D eigenvalue weighted by molar-refractivity contribution is 0.268. The van der Waals surface area contributed by atoms with Crippen molar-refractivity contribution in [2.45, 2.75) is 46.3 Å². The number of nitrogens with zero attached hydrogens (tertiary/aromatic N) is 4. The van der Waals surface area contributed by atoms with Crippen molar-refractivity contribution in [3.05, 3.63) is 41.5 Å². The Balaban J connectivity index is 1.70. The standard InChI is InChI=1S/C20H31N5O3S/c1-5-28-17-8-6-16(7-9-17)14-24-11-10-18-21-22-20(25(18)13-12-24)19(15(2)3)23-29(4,26)27/h6-9,15,19,23H,5,10-14H2,1-4H3. The predicted molar refractivity (Wildman–Crippen MR) is 112 cm³/mol. The molecule has 0 bridgehead atoms. The SMILES string of the molecule is CCOc1ccc(CN2CCc3nnc(C(NS(C)(=O)=O)C(C)C)n3CC2)cc1. The van der Waals surface area contributed by atoms with E-state index in [1.165, 1.54) is 11.8 Å². The summed E-state index contributed by atoms with van der Waals surface area (Å²) in [4.78, 5) is 2.39. The van der Waals surface area contributed by atoms with Gasteiger partial charge in [0.25, 0.3) is 0 Å². The van der Waals surface area contributed by atoms with Crippen LogP contribution in [0.4, 0.5) is 0 Å². The van der Waals surface area contributed by atoms with Crippen LogP contribution in [-0.4, -0.2) is 54.0 Å². The molecule has 1 atom stereocenters. The van der Waals surface area contributed by atoms with Crippen LogP contribution in [0.2, 0.25) is 0 Å². The molecule has 9 heteroatoms. The third-order valence-corrected chi connectivity index (χ3v) is 5.76. The summed E-state index contributed by atoms with van der Waals surface area (Å²) >= 11 is 0. The molecule has 0 amide bonds. The number of benzene rings is 1. The molecule has 0 spiro atoms. The highest BCUT2D eigenvalue weighted by molar-refractivity contribution is 7.88. The zero-order valence-corrected chi connectivity index (χ0v) is 18.4. The highest BCUT2D eigenvalue weighted by atomic mass is 32.2. The zero-order valence-electron chi connectivity index (χ0n) is 17.6. The highest BCUT2D eigenvalue weighted by Crippen LogP contribution is 2.23. The van der Waals surface area contributed by atoms with Crippen LogP contribution in [-0.2, 0) is 29.5 Å². The summed E-state index contributed by atoms with van der Waals surface area (Å²) in [7, 11) is -3.34. The van der Waals surface area contributed by atoms with Crippen LogP contribution in [0.3, 0.4) is 0 Å². The molecule has 1 N–H and O–H groups in total. The summed E-state index contributed by atoms with van der Waals surface area (Å²) < 4.78 is 33.9. The van der Waals surface area contributed by atoms with Crippen molar-refractivity contribution >= 4 is 10.0 Å². The van der Waals surface area contributed by atoms with Gasteiger partial charge in [-0.25, -0.2) is 13.1 Å². The Labute approximate surface area is 173 Å². The normalized spacial score (nSPS) is 16.4. The molecule has 1 aliphatic rings. The molecule has 3 rings (SSSR count). The first-order chi connectivity index (χ1) is 13.8. The van der Waals surface area contributed by atoms with Crippen molar-refractivity contribution < 1.29 is 13.2 Å². The molecule has 1 aliphatic heterocycles. The van der Waals surface area contributed by atoms with E-state index >= 15 is 0 Å². The average molecular weight is 422 g/mol. The maximum absolute atomic E-state index is 11.8. The van der Waals surface area contributed by atoms with E-state index in [1.54, 1.807) is 0 Å². The van der Waals surface area contributed by atoms with Crippen LogP contribution in [0, 0.1) is 5.92 Å². The van der Waals surface area contributed by atoms with E-state index in [0.29, 0.717) is 12.4 Å². The fraction of sp³-hybridized carbons (Fsp3) is 0.600. The number of nitrogens with one attached hydrogen (secondary N) is 1. The van der Waals surface area contributed by atoms with E-state index in [2.05, 4.69) is 36.5 Å². The Morgan fingerprint density at radius 1 is 1.14 bits per heavy atom. The van der Waals surface area contributed by atoms with Gasteiger partial charge in [-0.3, -0.25) is 4.90 Å². The Hall–Kier alpha value is -1.97. The Kier molecular flexibility index (Phi) is 6.92. The summed E-state index contributed by atoms with van der Waals surface area (Å²) in [5, 5.41) is 8.69. The summed E-state index contributed by atoms with van der Waals surface area (Å²) in [5.41, 5.74) is 1.24. The van der Waals surface area contributed by atoms with Crippen LogP contribution in [0.1, 0.15) is 44.0 Å². The summed E-state index contributed by atoms with van der Waals surface area (Å²) in [5.74, 6) is 2.57. The fourth-order valence-corrected chi connectivity index (χ4v) is 4.45. The number of hydrogen-bond donors (Lipinski definition) is 1. The average Bonchev–Trinajstić information content (AvgIpc) is 2.95. The smallest absolute Gasteiger partial charge is 0.209 e. The minimum Gasteiger partial charge on any atom is -0.494 e. The Morgan fingerprint density at radius 2 is 1.86 bits per heavy atom. The quantitative estimate of drug-likeness (QED) is 0.701. The Bertz CT molecular complexity index is 909. The fourth-order valence-electron chi connectivity index (χ4n) is 3.61. The van der Waals surface area contributed by atoms with Gasteiger partial charge in [0.05, 0.1) is 18.9 Å². The highest BCUT2D eigenvalue weighted by Gasteiger charge is 2.28. The van der Waals surface area contributed by atoms with Gasteiger partial charge in [-0.05, 0) is 30.5 Å². The maximum atomic E-state index is 11.8. The maximum Gasteiger partial charge on any atom is 0.209 e. The molecule has 0 radical (unpaired) electrons. The van der Waals surface area contributed by atoms with Crippen molar-refractivity contribution in [2.75, 3.05) is 26.0 Å². The minimum atomic E-state index is -3.34. The van der Waals surface area contributed by atoms with Crippen molar-refractivity contribution in [1.82, 2.24) is 24.4 Å². The van der Waals surface area contributed by atoms with Crippen LogP contribution in [0.25, 0.3) is 0 Å². The first-order valence-corrected chi connectivity index (χ1v) is 12.0. The van der Waals surface area contributed by atoms with Gasteiger partial charge in [0, 0.05) is 32.6 Å². The van der Waals surface area contributed by atoms with E-state index in [9.17, 15) is 8.42 Å². The number of fused-ring (bicyclic) bond motifs is 1. The van der Waals surface area contributed by atoms with E-state index in [0.717, 1.165) is 44.2 Å². The van der Waals surface area contributed by atoms with E-state index in [-0.39, 0.29) is 12.0 Å². The summed E-state index contributed by atoms with van der Waals surface area (Å²) in [6.07, 6.45) is 1.97. The van der Waals surface area contributed by atoms with Crippen LogP contribution >= 0.6 is 0 Å². The predicted octanol–water partition coefficient (Wildman–Crippen LogP) is 1.98. The Morgan fingerprint density at radius 3 is 2.48 bits per heavy atom. The van der Waals surface area contributed by atoms with Gasteiger partial charge in [0.1, 0.15) is 11.6 Å². The molecule has 1 aromatic carbocycles. The molecule has 0 aliphatic carbocycles.